The van der Waals surface area contributed by atoms with Gasteiger partial charge in [-0.1, -0.05) is 19.3 Å². The lowest BCUT2D eigenvalue weighted by atomic mass is 9.82. The molecule has 20 heavy (non-hydrogen) atoms. The molecule has 2 N–H and O–H groups in total. The first-order valence-electron chi connectivity index (χ1n) is 7.44. The second-order valence-electron chi connectivity index (χ2n) is 5.96. The second kappa shape index (κ2) is 6.39. The monoisotopic (exact) mass is 279 g/mol. The summed E-state index contributed by atoms with van der Waals surface area (Å²) in [7, 11) is 0. The van der Waals surface area contributed by atoms with Gasteiger partial charge >= 0.3 is 0 Å². The van der Waals surface area contributed by atoms with Crippen LogP contribution in [-0.2, 0) is 0 Å². The van der Waals surface area contributed by atoms with Gasteiger partial charge in [-0.05, 0) is 33.6 Å². The van der Waals surface area contributed by atoms with Crippen molar-refractivity contribution in [2.75, 3.05) is 11.9 Å². The van der Waals surface area contributed by atoms with E-state index in [0.717, 1.165) is 31.4 Å². The van der Waals surface area contributed by atoms with Crippen molar-refractivity contribution in [3.63, 3.8) is 0 Å². The minimum absolute atomic E-state index is 0.0821. The van der Waals surface area contributed by atoms with Crippen molar-refractivity contribution < 1.29 is 9.84 Å². The Kier molecular flexibility index (Phi) is 4.81. The van der Waals surface area contributed by atoms with Crippen LogP contribution in [0.25, 0.3) is 0 Å². The Labute approximate surface area is 120 Å². The molecule has 0 radical (unpaired) electrons. The van der Waals surface area contributed by atoms with Gasteiger partial charge in [0.05, 0.1) is 18.2 Å². The van der Waals surface area contributed by atoms with E-state index < -0.39 is 0 Å². The van der Waals surface area contributed by atoms with Crippen LogP contribution in [0.5, 0.6) is 5.88 Å². The van der Waals surface area contributed by atoms with Gasteiger partial charge in [0.1, 0.15) is 0 Å². The summed E-state index contributed by atoms with van der Waals surface area (Å²) in [4.78, 5) is 8.82. The van der Waals surface area contributed by atoms with Crippen LogP contribution >= 0.6 is 0 Å². The van der Waals surface area contributed by atoms with E-state index in [9.17, 15) is 5.11 Å². The Balaban J connectivity index is 2.16. The summed E-state index contributed by atoms with van der Waals surface area (Å²) in [6, 6.07) is 1.83. The summed E-state index contributed by atoms with van der Waals surface area (Å²) in [6.07, 6.45) is 5.50. The largest absolute Gasteiger partial charge is 0.475 e. The van der Waals surface area contributed by atoms with Crippen molar-refractivity contribution in [2.45, 2.75) is 64.5 Å². The standard InChI is InChI=1S/C15H25N3O2/c1-11(2)20-13-9-12(3)16-14(17-13)18-15(10-19)7-5-4-6-8-15/h9,11,19H,4-8,10H2,1-3H3,(H,16,17,18). The van der Waals surface area contributed by atoms with Crippen molar-refractivity contribution in [3.05, 3.63) is 11.8 Å². The highest BCUT2D eigenvalue weighted by Crippen LogP contribution is 2.30. The Morgan fingerprint density at radius 1 is 1.30 bits per heavy atom. The normalized spacial score (nSPS) is 18.1. The maximum atomic E-state index is 9.74. The minimum Gasteiger partial charge on any atom is -0.475 e. The van der Waals surface area contributed by atoms with Crippen LogP contribution in [0, 0.1) is 6.92 Å². The van der Waals surface area contributed by atoms with E-state index in [0.29, 0.717) is 11.8 Å². The highest BCUT2D eigenvalue weighted by molar-refractivity contribution is 5.34. The molecule has 1 saturated carbocycles. The first-order valence-corrected chi connectivity index (χ1v) is 7.44. The molecule has 0 aliphatic heterocycles. The van der Waals surface area contributed by atoms with Gasteiger partial charge < -0.3 is 15.2 Å². The number of rotatable bonds is 5. The molecule has 1 aromatic heterocycles. The minimum atomic E-state index is -0.277. The summed E-state index contributed by atoms with van der Waals surface area (Å²) in [5.41, 5.74) is 0.586. The molecule has 1 fully saturated rings. The average Bonchev–Trinajstić information content (AvgIpc) is 2.38. The van der Waals surface area contributed by atoms with E-state index in [2.05, 4.69) is 15.3 Å². The molecule has 1 aliphatic carbocycles. The number of hydrogen-bond donors (Lipinski definition) is 2. The van der Waals surface area contributed by atoms with Crippen LogP contribution in [0.15, 0.2) is 6.07 Å². The Hall–Kier alpha value is -1.36. The number of anilines is 1. The third-order valence-electron chi connectivity index (χ3n) is 3.68. The van der Waals surface area contributed by atoms with Crippen molar-refractivity contribution in [1.29, 1.82) is 0 Å². The topological polar surface area (TPSA) is 67.3 Å². The summed E-state index contributed by atoms with van der Waals surface area (Å²) in [5.74, 6) is 1.13. The van der Waals surface area contributed by atoms with Gasteiger partial charge in [-0.3, -0.25) is 0 Å². The molecule has 1 aliphatic rings. The van der Waals surface area contributed by atoms with Crippen LogP contribution in [0.3, 0.4) is 0 Å². The Morgan fingerprint density at radius 3 is 2.60 bits per heavy atom. The molecule has 112 valence electrons. The maximum Gasteiger partial charge on any atom is 0.226 e. The molecule has 2 rings (SSSR count). The molecule has 5 nitrogen and oxygen atoms in total. The van der Waals surface area contributed by atoms with Crippen LogP contribution in [0.4, 0.5) is 5.95 Å². The van der Waals surface area contributed by atoms with Gasteiger partial charge in [0.2, 0.25) is 11.8 Å². The molecular formula is C15H25N3O2. The summed E-state index contributed by atoms with van der Waals surface area (Å²) in [6.45, 7) is 5.99. The zero-order chi connectivity index (χ0) is 14.6. The molecule has 0 amide bonds. The molecule has 1 aromatic rings. The summed E-state index contributed by atoms with van der Waals surface area (Å²) < 4.78 is 5.64. The van der Waals surface area contributed by atoms with E-state index in [1.807, 2.05) is 26.8 Å². The molecular weight excluding hydrogens is 254 g/mol. The zero-order valence-corrected chi connectivity index (χ0v) is 12.6. The van der Waals surface area contributed by atoms with E-state index >= 15 is 0 Å². The highest BCUT2D eigenvalue weighted by atomic mass is 16.5. The first-order chi connectivity index (χ1) is 9.53. The van der Waals surface area contributed by atoms with Gasteiger partial charge in [-0.25, -0.2) is 4.98 Å². The maximum absolute atomic E-state index is 9.74. The van der Waals surface area contributed by atoms with Crippen molar-refractivity contribution in [1.82, 2.24) is 9.97 Å². The number of nitrogens with zero attached hydrogens (tertiary/aromatic N) is 2. The fraction of sp³-hybridized carbons (Fsp3) is 0.733. The van der Waals surface area contributed by atoms with Crippen molar-refractivity contribution in [3.8, 4) is 5.88 Å². The van der Waals surface area contributed by atoms with Crippen LogP contribution in [0.2, 0.25) is 0 Å². The number of aromatic nitrogens is 2. The Morgan fingerprint density at radius 2 is 2.00 bits per heavy atom. The van der Waals surface area contributed by atoms with Gasteiger partial charge in [0, 0.05) is 11.8 Å². The first kappa shape index (κ1) is 15.0. The van der Waals surface area contributed by atoms with Gasteiger partial charge in [0.25, 0.3) is 0 Å². The van der Waals surface area contributed by atoms with Crippen molar-refractivity contribution in [2.24, 2.45) is 0 Å². The lowest BCUT2D eigenvalue weighted by Gasteiger charge is -2.36. The lowest BCUT2D eigenvalue weighted by molar-refractivity contribution is 0.171. The number of ether oxygens (including phenoxy) is 1. The van der Waals surface area contributed by atoms with Gasteiger partial charge in [-0.2, -0.15) is 4.98 Å². The average molecular weight is 279 g/mol. The molecule has 0 aromatic carbocycles. The van der Waals surface area contributed by atoms with Gasteiger partial charge in [-0.15, -0.1) is 0 Å². The quantitative estimate of drug-likeness (QED) is 0.867. The number of aryl methyl sites for hydroxylation is 1. The van der Waals surface area contributed by atoms with Crippen LogP contribution in [0.1, 0.15) is 51.6 Å². The molecule has 0 saturated heterocycles. The fourth-order valence-corrected chi connectivity index (χ4v) is 2.69. The number of aliphatic hydroxyl groups excluding tert-OH is 1. The van der Waals surface area contributed by atoms with Crippen molar-refractivity contribution >= 4 is 5.95 Å². The second-order valence-corrected chi connectivity index (χ2v) is 5.96. The number of aliphatic hydroxyl groups is 1. The smallest absolute Gasteiger partial charge is 0.226 e. The van der Waals surface area contributed by atoms with Gasteiger partial charge in [0.15, 0.2) is 0 Å². The molecule has 5 heteroatoms. The van der Waals surface area contributed by atoms with E-state index in [-0.39, 0.29) is 18.2 Å². The van der Waals surface area contributed by atoms with Crippen LogP contribution < -0.4 is 10.1 Å². The third kappa shape index (κ3) is 3.82. The molecule has 0 atom stereocenters. The van der Waals surface area contributed by atoms with E-state index in [4.69, 9.17) is 4.74 Å². The van der Waals surface area contributed by atoms with E-state index in [1.54, 1.807) is 0 Å². The molecule has 0 unspecified atom stereocenters. The number of nitrogens with one attached hydrogen (secondary N) is 1. The molecule has 0 spiro atoms. The summed E-state index contributed by atoms with van der Waals surface area (Å²) >= 11 is 0. The summed E-state index contributed by atoms with van der Waals surface area (Å²) in [5, 5.41) is 13.1. The fourth-order valence-electron chi connectivity index (χ4n) is 2.69. The lowest BCUT2D eigenvalue weighted by Crippen LogP contribution is -2.44. The third-order valence-corrected chi connectivity index (χ3v) is 3.68. The highest BCUT2D eigenvalue weighted by Gasteiger charge is 2.32. The van der Waals surface area contributed by atoms with E-state index in [1.165, 1.54) is 6.42 Å². The number of hydrogen-bond acceptors (Lipinski definition) is 5. The predicted octanol–water partition coefficient (Wildman–Crippen LogP) is 2.68. The Bertz CT molecular complexity index is 443. The zero-order valence-electron chi connectivity index (χ0n) is 12.6. The molecule has 0 bridgehead atoms. The van der Waals surface area contributed by atoms with Crippen LogP contribution in [-0.4, -0.2) is 33.3 Å². The predicted molar refractivity (Wildman–Crippen MR) is 79.1 cm³/mol. The SMILES string of the molecule is Cc1cc(OC(C)C)nc(NC2(CO)CCCCC2)n1. The molecule has 1 heterocycles.